The lowest BCUT2D eigenvalue weighted by molar-refractivity contribution is 0.362. The van der Waals surface area contributed by atoms with Gasteiger partial charge in [-0.15, -0.1) is 0 Å². The standard InChI is InChI=1S/C10H16FN/c1-6(2)8-4-7(3)10(12)9(11)5-8/h4,6,9H,5,12H2,1-3H3. The lowest BCUT2D eigenvalue weighted by Crippen LogP contribution is -2.20. The predicted octanol–water partition coefficient (Wildman–Crippen LogP) is 2.54. The predicted molar refractivity (Wildman–Crippen MR) is 49.3 cm³/mol. The van der Waals surface area contributed by atoms with Crippen LogP contribution in [0.2, 0.25) is 0 Å². The van der Waals surface area contributed by atoms with E-state index >= 15 is 0 Å². The van der Waals surface area contributed by atoms with Crippen molar-refractivity contribution in [1.82, 2.24) is 0 Å². The third-order valence-electron chi connectivity index (χ3n) is 2.35. The fourth-order valence-corrected chi connectivity index (χ4v) is 1.39. The third-order valence-corrected chi connectivity index (χ3v) is 2.35. The van der Waals surface area contributed by atoms with Gasteiger partial charge in [0, 0.05) is 12.1 Å². The number of allylic oxidation sites excluding steroid dienone is 4. The fraction of sp³-hybridized carbons (Fsp3) is 0.600. The Morgan fingerprint density at radius 1 is 1.58 bits per heavy atom. The molecule has 2 N–H and O–H groups in total. The monoisotopic (exact) mass is 169 g/mol. The number of hydrogen-bond donors (Lipinski definition) is 1. The van der Waals surface area contributed by atoms with Crippen LogP contribution in [0.25, 0.3) is 0 Å². The van der Waals surface area contributed by atoms with Gasteiger partial charge in [-0.1, -0.05) is 25.5 Å². The zero-order valence-electron chi connectivity index (χ0n) is 7.89. The van der Waals surface area contributed by atoms with Gasteiger partial charge in [0.1, 0.15) is 6.17 Å². The zero-order chi connectivity index (χ0) is 9.30. The Kier molecular flexibility index (Phi) is 2.55. The minimum absolute atomic E-state index is 0.402. The van der Waals surface area contributed by atoms with Crippen LogP contribution in [-0.2, 0) is 0 Å². The summed E-state index contributed by atoms with van der Waals surface area (Å²) in [6.07, 6.45) is 1.52. The van der Waals surface area contributed by atoms with Gasteiger partial charge in [0.25, 0.3) is 0 Å². The normalized spacial score (nSPS) is 24.8. The molecule has 0 aromatic rings. The van der Waals surface area contributed by atoms with Crippen LogP contribution in [0.15, 0.2) is 22.9 Å². The Morgan fingerprint density at radius 2 is 2.17 bits per heavy atom. The second kappa shape index (κ2) is 3.30. The maximum absolute atomic E-state index is 13.2. The van der Waals surface area contributed by atoms with E-state index < -0.39 is 6.17 Å². The maximum Gasteiger partial charge on any atom is 0.143 e. The van der Waals surface area contributed by atoms with Crippen molar-refractivity contribution in [3.8, 4) is 0 Å². The highest BCUT2D eigenvalue weighted by Crippen LogP contribution is 2.27. The first-order chi connectivity index (χ1) is 5.52. The van der Waals surface area contributed by atoms with Crippen molar-refractivity contribution in [3.63, 3.8) is 0 Å². The van der Waals surface area contributed by atoms with E-state index in [9.17, 15) is 4.39 Å². The van der Waals surface area contributed by atoms with Gasteiger partial charge >= 0.3 is 0 Å². The lowest BCUT2D eigenvalue weighted by Gasteiger charge is -2.21. The average molecular weight is 169 g/mol. The van der Waals surface area contributed by atoms with Crippen molar-refractivity contribution >= 4 is 0 Å². The molecule has 1 rings (SSSR count). The van der Waals surface area contributed by atoms with E-state index in [-0.39, 0.29) is 0 Å². The van der Waals surface area contributed by atoms with Crippen LogP contribution in [0.1, 0.15) is 27.2 Å². The number of halogens is 1. The molecule has 1 aliphatic rings. The third kappa shape index (κ3) is 1.68. The van der Waals surface area contributed by atoms with E-state index in [4.69, 9.17) is 5.73 Å². The molecule has 0 amide bonds. The van der Waals surface area contributed by atoms with E-state index in [1.807, 2.05) is 13.0 Å². The number of alkyl halides is 1. The Morgan fingerprint density at radius 3 is 2.58 bits per heavy atom. The van der Waals surface area contributed by atoms with Gasteiger partial charge in [-0.25, -0.2) is 4.39 Å². The van der Waals surface area contributed by atoms with Crippen molar-refractivity contribution in [1.29, 1.82) is 0 Å². The average Bonchev–Trinajstić information content (AvgIpc) is 1.99. The first-order valence-electron chi connectivity index (χ1n) is 4.33. The molecular weight excluding hydrogens is 153 g/mol. The van der Waals surface area contributed by atoms with E-state index in [1.54, 1.807) is 0 Å². The van der Waals surface area contributed by atoms with Crippen molar-refractivity contribution in [2.45, 2.75) is 33.4 Å². The fourth-order valence-electron chi connectivity index (χ4n) is 1.39. The minimum Gasteiger partial charge on any atom is -0.399 e. The number of hydrogen-bond acceptors (Lipinski definition) is 1. The van der Waals surface area contributed by atoms with Crippen LogP contribution in [0.5, 0.6) is 0 Å². The molecule has 1 nitrogen and oxygen atoms in total. The summed E-state index contributed by atoms with van der Waals surface area (Å²) in [6.45, 7) is 6.02. The molecule has 1 unspecified atom stereocenters. The van der Waals surface area contributed by atoms with Gasteiger partial charge in [-0.3, -0.25) is 0 Å². The summed E-state index contributed by atoms with van der Waals surface area (Å²) in [5.74, 6) is 0.422. The highest BCUT2D eigenvalue weighted by Gasteiger charge is 2.20. The van der Waals surface area contributed by atoms with Crippen LogP contribution in [0.3, 0.4) is 0 Å². The van der Waals surface area contributed by atoms with Crippen molar-refractivity contribution in [3.05, 3.63) is 22.9 Å². The van der Waals surface area contributed by atoms with Gasteiger partial charge in [-0.05, 0) is 18.4 Å². The number of rotatable bonds is 1. The molecule has 0 heterocycles. The van der Waals surface area contributed by atoms with Gasteiger partial charge in [-0.2, -0.15) is 0 Å². The van der Waals surface area contributed by atoms with E-state index in [0.717, 1.165) is 11.1 Å². The van der Waals surface area contributed by atoms with Gasteiger partial charge < -0.3 is 5.73 Å². The second-order valence-corrected chi connectivity index (χ2v) is 3.68. The maximum atomic E-state index is 13.2. The van der Waals surface area contributed by atoms with E-state index in [2.05, 4.69) is 13.8 Å². The lowest BCUT2D eigenvalue weighted by atomic mass is 9.89. The molecule has 0 bridgehead atoms. The summed E-state index contributed by atoms with van der Waals surface area (Å²) in [7, 11) is 0. The largest absolute Gasteiger partial charge is 0.399 e. The molecule has 0 aliphatic heterocycles. The van der Waals surface area contributed by atoms with Crippen LogP contribution >= 0.6 is 0 Å². The van der Waals surface area contributed by atoms with Crippen molar-refractivity contribution in [2.24, 2.45) is 11.7 Å². The second-order valence-electron chi connectivity index (χ2n) is 3.68. The van der Waals surface area contributed by atoms with E-state index in [1.165, 1.54) is 0 Å². The highest BCUT2D eigenvalue weighted by atomic mass is 19.1. The first-order valence-corrected chi connectivity index (χ1v) is 4.33. The van der Waals surface area contributed by atoms with Crippen LogP contribution in [-0.4, -0.2) is 6.17 Å². The topological polar surface area (TPSA) is 26.0 Å². The molecule has 12 heavy (non-hydrogen) atoms. The van der Waals surface area contributed by atoms with Crippen LogP contribution in [0.4, 0.5) is 4.39 Å². The molecular formula is C10H16FN. The van der Waals surface area contributed by atoms with Crippen LogP contribution < -0.4 is 5.73 Å². The van der Waals surface area contributed by atoms with Crippen molar-refractivity contribution < 1.29 is 4.39 Å². The summed E-state index contributed by atoms with van der Waals surface area (Å²) in [6, 6.07) is 0. The zero-order valence-corrected chi connectivity index (χ0v) is 7.89. The Bertz CT molecular complexity index is 238. The quantitative estimate of drug-likeness (QED) is 0.641. The molecule has 0 aromatic heterocycles. The molecule has 68 valence electrons. The molecule has 0 spiro atoms. The van der Waals surface area contributed by atoms with Crippen LogP contribution in [0, 0.1) is 5.92 Å². The summed E-state index contributed by atoms with van der Waals surface area (Å²) in [5, 5.41) is 0. The molecule has 0 radical (unpaired) electrons. The molecule has 0 saturated carbocycles. The van der Waals surface area contributed by atoms with Gasteiger partial charge in [0.2, 0.25) is 0 Å². The Hall–Kier alpha value is -0.790. The van der Waals surface area contributed by atoms with E-state index in [0.29, 0.717) is 18.0 Å². The minimum atomic E-state index is -0.965. The SMILES string of the molecule is CC1=C(N)C(F)CC(C(C)C)=C1. The summed E-state index contributed by atoms with van der Waals surface area (Å²) in [4.78, 5) is 0. The molecule has 1 atom stereocenters. The Labute approximate surface area is 73.1 Å². The molecule has 2 heteroatoms. The summed E-state index contributed by atoms with van der Waals surface area (Å²) in [5.41, 5.74) is 7.99. The smallest absolute Gasteiger partial charge is 0.143 e. The summed E-state index contributed by atoms with van der Waals surface area (Å²) < 4.78 is 13.2. The Balaban J connectivity index is 2.91. The highest BCUT2D eigenvalue weighted by molar-refractivity contribution is 5.34. The van der Waals surface area contributed by atoms with Gasteiger partial charge in [0.05, 0.1) is 0 Å². The molecule has 0 saturated heterocycles. The molecule has 1 aliphatic carbocycles. The van der Waals surface area contributed by atoms with Crippen molar-refractivity contribution in [2.75, 3.05) is 0 Å². The molecule has 0 aromatic carbocycles. The first kappa shape index (κ1) is 9.30. The number of nitrogens with two attached hydrogens (primary N) is 1. The van der Waals surface area contributed by atoms with Gasteiger partial charge in [0.15, 0.2) is 0 Å². The summed E-state index contributed by atoms with van der Waals surface area (Å²) >= 11 is 0. The molecule has 0 fully saturated rings.